The quantitative estimate of drug-likeness (QED) is 0.583. The second-order valence-corrected chi connectivity index (χ2v) is 8.67. The van der Waals surface area contributed by atoms with Crippen LogP contribution in [0.4, 0.5) is 0 Å². The summed E-state index contributed by atoms with van der Waals surface area (Å²) in [5, 5.41) is 0. The van der Waals surface area contributed by atoms with Gasteiger partial charge in [0.15, 0.2) is 0 Å². The van der Waals surface area contributed by atoms with Crippen molar-refractivity contribution in [1.29, 1.82) is 0 Å². The van der Waals surface area contributed by atoms with Gasteiger partial charge >= 0.3 is 0 Å². The van der Waals surface area contributed by atoms with E-state index in [1.807, 2.05) is 0 Å². The third-order valence-electron chi connectivity index (χ3n) is 4.71. The van der Waals surface area contributed by atoms with Gasteiger partial charge in [0, 0.05) is 5.92 Å². The number of hydrogen-bond acceptors (Lipinski definition) is 0. The zero-order valence-electron chi connectivity index (χ0n) is 15.9. The standard InChI is InChI=1S/C23H32/c1-8-19(17-12-11-13-18(16-17)22(2,3)4)20-14-9-10-15-21(20)23(5,6)7/h9-16,19H,8H2,1-7H3. The molecule has 2 aromatic carbocycles. The molecule has 1 unspecified atom stereocenters. The van der Waals surface area contributed by atoms with Gasteiger partial charge in [0.05, 0.1) is 0 Å². The monoisotopic (exact) mass is 308 g/mol. The highest BCUT2D eigenvalue weighted by Crippen LogP contribution is 2.37. The van der Waals surface area contributed by atoms with E-state index in [2.05, 4.69) is 97.0 Å². The Labute approximate surface area is 143 Å². The number of hydrogen-bond donors (Lipinski definition) is 0. The summed E-state index contributed by atoms with van der Waals surface area (Å²) in [7, 11) is 0. The van der Waals surface area contributed by atoms with Crippen molar-refractivity contribution in [3.05, 3.63) is 70.8 Å². The van der Waals surface area contributed by atoms with Gasteiger partial charge in [0.2, 0.25) is 0 Å². The van der Waals surface area contributed by atoms with Gasteiger partial charge in [-0.15, -0.1) is 0 Å². The van der Waals surface area contributed by atoms with E-state index < -0.39 is 0 Å². The van der Waals surface area contributed by atoms with Crippen molar-refractivity contribution < 1.29 is 0 Å². The first-order valence-corrected chi connectivity index (χ1v) is 8.84. The molecule has 0 N–H and O–H groups in total. The van der Waals surface area contributed by atoms with Gasteiger partial charge in [0.1, 0.15) is 0 Å². The molecule has 2 rings (SSSR count). The summed E-state index contributed by atoms with van der Waals surface area (Å²) in [5.74, 6) is 0.465. The van der Waals surface area contributed by atoms with Crippen LogP contribution in [0.1, 0.15) is 83.1 Å². The molecule has 0 aromatic heterocycles. The largest absolute Gasteiger partial charge is 0.0645 e. The lowest BCUT2D eigenvalue weighted by molar-refractivity contribution is 0.572. The van der Waals surface area contributed by atoms with E-state index in [1.54, 1.807) is 0 Å². The molecular formula is C23H32. The molecule has 0 spiro atoms. The second-order valence-electron chi connectivity index (χ2n) is 8.67. The van der Waals surface area contributed by atoms with Crippen LogP contribution in [-0.2, 0) is 10.8 Å². The van der Waals surface area contributed by atoms with Gasteiger partial charge < -0.3 is 0 Å². The fraction of sp³-hybridized carbons (Fsp3) is 0.478. The predicted molar refractivity (Wildman–Crippen MR) is 102 cm³/mol. The maximum Gasteiger partial charge on any atom is 0.00897 e. The minimum absolute atomic E-state index is 0.172. The van der Waals surface area contributed by atoms with Gasteiger partial charge in [-0.3, -0.25) is 0 Å². The molecule has 1 atom stereocenters. The van der Waals surface area contributed by atoms with Crippen LogP contribution >= 0.6 is 0 Å². The Morgan fingerprint density at radius 1 is 0.783 bits per heavy atom. The summed E-state index contributed by atoms with van der Waals surface area (Å²) in [6, 6.07) is 18.1. The van der Waals surface area contributed by atoms with Crippen LogP contribution in [0.25, 0.3) is 0 Å². The maximum atomic E-state index is 2.41. The molecule has 0 radical (unpaired) electrons. The van der Waals surface area contributed by atoms with Gasteiger partial charge in [-0.1, -0.05) is 97.0 Å². The van der Waals surface area contributed by atoms with Crippen LogP contribution in [0.15, 0.2) is 48.5 Å². The zero-order valence-corrected chi connectivity index (χ0v) is 15.9. The van der Waals surface area contributed by atoms with Gasteiger partial charge in [-0.2, -0.15) is 0 Å². The highest BCUT2D eigenvalue weighted by Gasteiger charge is 2.23. The number of benzene rings is 2. The highest BCUT2D eigenvalue weighted by atomic mass is 14.3. The molecule has 0 nitrogen and oxygen atoms in total. The van der Waals surface area contributed by atoms with Crippen LogP contribution in [0, 0.1) is 0 Å². The molecule has 0 aliphatic heterocycles. The summed E-state index contributed by atoms with van der Waals surface area (Å²) < 4.78 is 0. The fourth-order valence-electron chi connectivity index (χ4n) is 3.34. The van der Waals surface area contributed by atoms with Crippen molar-refractivity contribution >= 4 is 0 Å². The summed E-state index contributed by atoms with van der Waals surface area (Å²) >= 11 is 0. The lowest BCUT2D eigenvalue weighted by Gasteiger charge is -2.28. The first-order valence-electron chi connectivity index (χ1n) is 8.84. The van der Waals surface area contributed by atoms with Crippen molar-refractivity contribution in [3.8, 4) is 0 Å². The maximum absolute atomic E-state index is 2.41. The SMILES string of the molecule is CCC(c1cccc(C(C)(C)C)c1)c1ccccc1C(C)(C)C. The Morgan fingerprint density at radius 2 is 1.43 bits per heavy atom. The lowest BCUT2D eigenvalue weighted by atomic mass is 9.76. The second kappa shape index (κ2) is 6.51. The third kappa shape index (κ3) is 4.05. The summed E-state index contributed by atoms with van der Waals surface area (Å²) in [6.07, 6.45) is 1.13. The van der Waals surface area contributed by atoms with E-state index in [1.165, 1.54) is 22.3 Å². The summed E-state index contributed by atoms with van der Waals surface area (Å²) in [5.41, 5.74) is 6.17. The zero-order chi connectivity index (χ0) is 17.3. The molecule has 0 aliphatic carbocycles. The molecule has 0 saturated carbocycles. The molecule has 2 aromatic rings. The smallest absolute Gasteiger partial charge is 0.00897 e. The van der Waals surface area contributed by atoms with Crippen molar-refractivity contribution in [2.24, 2.45) is 0 Å². The Balaban J connectivity index is 2.54. The Hall–Kier alpha value is -1.56. The fourth-order valence-corrected chi connectivity index (χ4v) is 3.34. The topological polar surface area (TPSA) is 0 Å². The van der Waals surface area contributed by atoms with Crippen molar-refractivity contribution in [3.63, 3.8) is 0 Å². The summed E-state index contributed by atoms with van der Waals surface area (Å²) in [4.78, 5) is 0. The normalized spacial score (nSPS) is 13.9. The van der Waals surface area contributed by atoms with E-state index in [9.17, 15) is 0 Å². The molecule has 0 fully saturated rings. The van der Waals surface area contributed by atoms with Crippen molar-refractivity contribution in [2.45, 2.75) is 71.6 Å². The van der Waals surface area contributed by atoms with E-state index in [0.717, 1.165) is 6.42 Å². The molecule has 0 aliphatic rings. The average Bonchev–Trinajstić information content (AvgIpc) is 2.47. The van der Waals surface area contributed by atoms with Crippen LogP contribution < -0.4 is 0 Å². The van der Waals surface area contributed by atoms with E-state index in [0.29, 0.717) is 5.92 Å². The third-order valence-corrected chi connectivity index (χ3v) is 4.71. The van der Waals surface area contributed by atoms with Gasteiger partial charge in [0.25, 0.3) is 0 Å². The minimum Gasteiger partial charge on any atom is -0.0645 e. The first-order chi connectivity index (χ1) is 10.6. The predicted octanol–water partition coefficient (Wildman–Crippen LogP) is 6.82. The number of rotatable bonds is 3. The van der Waals surface area contributed by atoms with Gasteiger partial charge in [-0.05, 0) is 39.5 Å². The molecule has 0 heterocycles. The molecule has 0 heteroatoms. The minimum atomic E-state index is 0.172. The highest BCUT2D eigenvalue weighted by molar-refractivity contribution is 5.42. The van der Waals surface area contributed by atoms with E-state index >= 15 is 0 Å². The average molecular weight is 309 g/mol. The Kier molecular flexibility index (Phi) is 5.04. The van der Waals surface area contributed by atoms with Crippen molar-refractivity contribution in [1.82, 2.24) is 0 Å². The van der Waals surface area contributed by atoms with Crippen LogP contribution in [0.5, 0.6) is 0 Å². The van der Waals surface area contributed by atoms with E-state index in [-0.39, 0.29) is 10.8 Å². The molecule has 0 amide bonds. The lowest BCUT2D eigenvalue weighted by Crippen LogP contribution is -2.17. The molecule has 23 heavy (non-hydrogen) atoms. The first kappa shape index (κ1) is 17.8. The summed E-state index contributed by atoms with van der Waals surface area (Å²) in [6.45, 7) is 16.1. The van der Waals surface area contributed by atoms with Crippen molar-refractivity contribution in [2.75, 3.05) is 0 Å². The van der Waals surface area contributed by atoms with Gasteiger partial charge in [-0.25, -0.2) is 0 Å². The van der Waals surface area contributed by atoms with Crippen LogP contribution in [0.2, 0.25) is 0 Å². The van der Waals surface area contributed by atoms with E-state index in [4.69, 9.17) is 0 Å². The van der Waals surface area contributed by atoms with Crippen LogP contribution in [-0.4, -0.2) is 0 Å². The van der Waals surface area contributed by atoms with Crippen LogP contribution in [0.3, 0.4) is 0 Å². The Morgan fingerprint density at radius 3 is 2.00 bits per heavy atom. The Bertz CT molecular complexity index is 650. The molecule has 124 valence electrons. The molecule has 0 bridgehead atoms. The molecular weight excluding hydrogens is 276 g/mol. The molecule has 0 saturated heterocycles.